The van der Waals surface area contributed by atoms with Crippen LogP contribution < -0.4 is 10.6 Å². The Morgan fingerprint density at radius 2 is 1.90 bits per heavy atom. The second kappa shape index (κ2) is 6.47. The maximum atomic E-state index is 11.9. The van der Waals surface area contributed by atoms with E-state index in [0.717, 1.165) is 10.2 Å². The van der Waals surface area contributed by atoms with Gasteiger partial charge in [-0.1, -0.05) is 15.9 Å². The van der Waals surface area contributed by atoms with E-state index in [-0.39, 0.29) is 11.9 Å². The summed E-state index contributed by atoms with van der Waals surface area (Å²) in [7, 11) is 0. The highest BCUT2D eigenvalue weighted by Crippen LogP contribution is 2.16. The molecule has 0 atom stereocenters. The summed E-state index contributed by atoms with van der Waals surface area (Å²) in [6, 6.07) is 9.28. The van der Waals surface area contributed by atoms with Crippen LogP contribution >= 0.6 is 15.9 Å². The first kappa shape index (κ1) is 14.5. The number of carbonyl (C=O) groups excluding carboxylic acids is 1. The lowest BCUT2D eigenvalue weighted by atomic mass is 10.3. The van der Waals surface area contributed by atoms with Crippen LogP contribution in [0.1, 0.15) is 24.3 Å². The van der Waals surface area contributed by atoms with Crippen LogP contribution in [0.3, 0.4) is 0 Å². The number of halogens is 1. The van der Waals surface area contributed by atoms with Crippen LogP contribution in [-0.4, -0.2) is 21.9 Å². The Kier molecular flexibility index (Phi) is 4.68. The maximum absolute atomic E-state index is 11.9. The molecule has 0 spiro atoms. The fourth-order valence-corrected chi connectivity index (χ4v) is 1.81. The molecule has 5 nitrogen and oxygen atoms in total. The van der Waals surface area contributed by atoms with E-state index in [0.29, 0.717) is 11.6 Å². The van der Waals surface area contributed by atoms with Gasteiger partial charge in [-0.2, -0.15) is 0 Å². The Bertz CT molecular complexity index is 598. The zero-order valence-corrected chi connectivity index (χ0v) is 12.8. The summed E-state index contributed by atoms with van der Waals surface area (Å²) < 4.78 is 0.994. The van der Waals surface area contributed by atoms with Crippen LogP contribution in [0.15, 0.2) is 41.0 Å². The number of amides is 1. The van der Waals surface area contributed by atoms with Gasteiger partial charge in [0.1, 0.15) is 5.69 Å². The molecule has 1 aromatic carbocycles. The summed E-state index contributed by atoms with van der Waals surface area (Å²) in [6.45, 7) is 3.81. The first-order valence-corrected chi connectivity index (χ1v) is 7.00. The summed E-state index contributed by atoms with van der Waals surface area (Å²) in [5.74, 6) is 0.185. The molecule has 0 bridgehead atoms. The molecule has 0 radical (unpaired) electrons. The minimum Gasteiger partial charge on any atom is -0.349 e. The molecule has 1 amide bonds. The smallest absolute Gasteiger partial charge is 0.270 e. The largest absolute Gasteiger partial charge is 0.349 e. The van der Waals surface area contributed by atoms with Crippen LogP contribution in [0.2, 0.25) is 0 Å². The van der Waals surface area contributed by atoms with E-state index in [9.17, 15) is 4.79 Å². The van der Waals surface area contributed by atoms with Crippen LogP contribution in [0.25, 0.3) is 0 Å². The van der Waals surface area contributed by atoms with E-state index in [2.05, 4.69) is 36.5 Å². The number of anilines is 2. The Labute approximate surface area is 126 Å². The molecule has 0 unspecified atom stereocenters. The summed E-state index contributed by atoms with van der Waals surface area (Å²) >= 11 is 3.37. The van der Waals surface area contributed by atoms with Gasteiger partial charge in [0.05, 0.1) is 0 Å². The van der Waals surface area contributed by atoms with Crippen molar-refractivity contribution in [1.82, 2.24) is 15.3 Å². The molecule has 104 valence electrons. The van der Waals surface area contributed by atoms with Crippen molar-refractivity contribution in [3.05, 3.63) is 46.7 Å². The van der Waals surface area contributed by atoms with Crippen molar-refractivity contribution < 1.29 is 4.79 Å². The van der Waals surface area contributed by atoms with Crippen molar-refractivity contribution >= 4 is 33.5 Å². The summed E-state index contributed by atoms with van der Waals surface area (Å²) in [5.41, 5.74) is 1.20. The molecular formula is C14H15BrN4O. The zero-order valence-electron chi connectivity index (χ0n) is 11.2. The molecule has 0 saturated heterocycles. The van der Waals surface area contributed by atoms with Gasteiger partial charge in [0.2, 0.25) is 5.95 Å². The van der Waals surface area contributed by atoms with Crippen LogP contribution in [0.5, 0.6) is 0 Å². The third-order valence-corrected chi connectivity index (χ3v) is 2.94. The SMILES string of the molecule is CC(C)NC(=O)c1ccnc(Nc2ccc(Br)cc2)n1. The first-order chi connectivity index (χ1) is 9.54. The molecule has 2 N–H and O–H groups in total. The number of nitrogens with one attached hydrogen (secondary N) is 2. The molecule has 0 aliphatic rings. The van der Waals surface area contributed by atoms with E-state index >= 15 is 0 Å². The van der Waals surface area contributed by atoms with Gasteiger partial charge in [-0.15, -0.1) is 0 Å². The average molecular weight is 335 g/mol. The monoisotopic (exact) mass is 334 g/mol. The predicted molar refractivity (Wildman–Crippen MR) is 82.1 cm³/mol. The number of nitrogens with zero attached hydrogens (tertiary/aromatic N) is 2. The highest BCUT2D eigenvalue weighted by atomic mass is 79.9. The molecule has 1 heterocycles. The van der Waals surface area contributed by atoms with Gasteiger partial charge in [0, 0.05) is 22.4 Å². The number of aromatic nitrogens is 2. The first-order valence-electron chi connectivity index (χ1n) is 6.21. The Hall–Kier alpha value is -1.95. The third-order valence-electron chi connectivity index (χ3n) is 2.41. The van der Waals surface area contributed by atoms with Crippen LogP contribution in [-0.2, 0) is 0 Å². The fourth-order valence-electron chi connectivity index (χ4n) is 1.54. The van der Waals surface area contributed by atoms with Crippen molar-refractivity contribution in [3.8, 4) is 0 Å². The minimum absolute atomic E-state index is 0.0698. The lowest BCUT2D eigenvalue weighted by Crippen LogP contribution is -2.30. The Morgan fingerprint density at radius 1 is 1.20 bits per heavy atom. The van der Waals surface area contributed by atoms with Gasteiger partial charge in [0.15, 0.2) is 0 Å². The van der Waals surface area contributed by atoms with Crippen molar-refractivity contribution in [3.63, 3.8) is 0 Å². The highest BCUT2D eigenvalue weighted by Gasteiger charge is 2.09. The quantitative estimate of drug-likeness (QED) is 0.901. The van der Waals surface area contributed by atoms with Gasteiger partial charge in [0.25, 0.3) is 5.91 Å². The maximum Gasteiger partial charge on any atom is 0.270 e. The van der Waals surface area contributed by atoms with Crippen LogP contribution in [0, 0.1) is 0 Å². The van der Waals surface area contributed by atoms with Crippen molar-refractivity contribution in [2.24, 2.45) is 0 Å². The number of hydrogen-bond donors (Lipinski definition) is 2. The van der Waals surface area contributed by atoms with Gasteiger partial charge >= 0.3 is 0 Å². The standard InChI is InChI=1S/C14H15BrN4O/c1-9(2)17-13(20)12-7-8-16-14(19-12)18-11-5-3-10(15)4-6-11/h3-9H,1-2H3,(H,17,20)(H,16,18,19). The number of rotatable bonds is 4. The number of carbonyl (C=O) groups is 1. The molecule has 0 fully saturated rings. The van der Waals surface area contributed by atoms with Crippen molar-refractivity contribution in [2.45, 2.75) is 19.9 Å². The molecule has 0 saturated carbocycles. The topological polar surface area (TPSA) is 66.9 Å². The van der Waals surface area contributed by atoms with Gasteiger partial charge < -0.3 is 10.6 Å². The summed E-state index contributed by atoms with van der Waals surface area (Å²) in [6.07, 6.45) is 1.56. The second-order valence-electron chi connectivity index (χ2n) is 4.53. The number of hydrogen-bond acceptors (Lipinski definition) is 4. The second-order valence-corrected chi connectivity index (χ2v) is 5.44. The average Bonchev–Trinajstić information content (AvgIpc) is 2.41. The predicted octanol–water partition coefficient (Wildman–Crippen LogP) is 3.12. The molecular weight excluding hydrogens is 320 g/mol. The van der Waals surface area contributed by atoms with Crippen LogP contribution in [0.4, 0.5) is 11.6 Å². The van der Waals surface area contributed by atoms with E-state index in [1.807, 2.05) is 38.1 Å². The van der Waals surface area contributed by atoms with Gasteiger partial charge in [-0.3, -0.25) is 4.79 Å². The summed E-state index contributed by atoms with van der Waals surface area (Å²) in [4.78, 5) is 20.2. The van der Waals surface area contributed by atoms with Crippen molar-refractivity contribution in [2.75, 3.05) is 5.32 Å². The minimum atomic E-state index is -0.207. The Morgan fingerprint density at radius 3 is 2.55 bits per heavy atom. The highest BCUT2D eigenvalue weighted by molar-refractivity contribution is 9.10. The number of benzene rings is 1. The molecule has 0 aliphatic carbocycles. The molecule has 20 heavy (non-hydrogen) atoms. The van der Waals surface area contributed by atoms with E-state index in [1.165, 1.54) is 0 Å². The molecule has 6 heteroatoms. The van der Waals surface area contributed by atoms with E-state index in [1.54, 1.807) is 12.3 Å². The van der Waals surface area contributed by atoms with Crippen molar-refractivity contribution in [1.29, 1.82) is 0 Å². The normalized spacial score (nSPS) is 10.4. The van der Waals surface area contributed by atoms with Gasteiger partial charge in [-0.25, -0.2) is 9.97 Å². The van der Waals surface area contributed by atoms with Gasteiger partial charge in [-0.05, 0) is 44.2 Å². The third kappa shape index (κ3) is 4.03. The van der Waals surface area contributed by atoms with E-state index in [4.69, 9.17) is 0 Å². The summed E-state index contributed by atoms with van der Waals surface area (Å²) in [5, 5.41) is 5.85. The molecule has 2 rings (SSSR count). The fraction of sp³-hybridized carbons (Fsp3) is 0.214. The van der Waals surface area contributed by atoms with E-state index < -0.39 is 0 Å². The lowest BCUT2D eigenvalue weighted by molar-refractivity contribution is 0.0938. The lowest BCUT2D eigenvalue weighted by Gasteiger charge is -2.09. The molecule has 1 aromatic heterocycles. The molecule has 2 aromatic rings. The zero-order chi connectivity index (χ0) is 14.5. The molecule has 0 aliphatic heterocycles. The Balaban J connectivity index is 2.13.